The maximum Gasteiger partial charge on any atom is 0.0512 e. The minimum atomic E-state index is 0.473. The Hall–Kier alpha value is -1.35. The average Bonchev–Trinajstić information content (AvgIpc) is 2.29. The fourth-order valence-corrected chi connectivity index (χ4v) is 2.21. The number of piperazine rings is 1. The Kier molecular flexibility index (Phi) is 1.77. The van der Waals surface area contributed by atoms with Crippen LogP contribution in [-0.2, 0) is 0 Å². The van der Waals surface area contributed by atoms with Gasteiger partial charge in [0.05, 0.1) is 6.04 Å². The molecule has 1 fully saturated rings. The maximum absolute atomic E-state index is 4.18. The van der Waals surface area contributed by atoms with Gasteiger partial charge in [0, 0.05) is 36.4 Å². The number of pyridine rings is 1. The third-order valence-electron chi connectivity index (χ3n) is 2.90. The van der Waals surface area contributed by atoms with Gasteiger partial charge < -0.3 is 10.6 Å². The molecule has 3 rings (SSSR count). The van der Waals surface area contributed by atoms with Crippen molar-refractivity contribution in [2.24, 2.45) is 0 Å². The molecule has 2 heterocycles. The second kappa shape index (κ2) is 3.10. The Balaban J connectivity index is 2.27. The van der Waals surface area contributed by atoms with Crippen LogP contribution in [0.1, 0.15) is 6.42 Å². The Morgan fingerprint density at radius 2 is 2.36 bits per heavy atom. The quantitative estimate of drug-likeness (QED) is 0.543. The predicted molar refractivity (Wildman–Crippen MR) is 55.8 cm³/mol. The van der Waals surface area contributed by atoms with Gasteiger partial charge in [0.15, 0.2) is 0 Å². The Bertz CT molecular complexity index is 464. The number of hydrogen-bond donors (Lipinski definition) is 2. The maximum atomic E-state index is 4.18. The van der Waals surface area contributed by atoms with Crippen molar-refractivity contribution >= 4 is 11.8 Å². The third-order valence-corrected chi connectivity index (χ3v) is 2.90. The van der Waals surface area contributed by atoms with E-state index >= 15 is 0 Å². The molecule has 72 valence electrons. The minimum Gasteiger partial charge on any atom is -0.385 e. The molecule has 2 aliphatic rings. The van der Waals surface area contributed by atoms with Gasteiger partial charge in [-0.05, 0) is 17.7 Å². The lowest BCUT2D eigenvalue weighted by Gasteiger charge is -2.29. The highest BCUT2D eigenvalue weighted by Gasteiger charge is 2.19. The summed E-state index contributed by atoms with van der Waals surface area (Å²) in [6.07, 6.45) is 7.17. The van der Waals surface area contributed by atoms with Gasteiger partial charge in [-0.3, -0.25) is 4.98 Å². The van der Waals surface area contributed by atoms with Crippen LogP contribution in [-0.4, -0.2) is 24.1 Å². The molecule has 1 aromatic rings. The molecular formula is C11H13N3. The second-order valence-electron chi connectivity index (χ2n) is 3.75. The number of nitrogens with one attached hydrogen (secondary N) is 2. The van der Waals surface area contributed by atoms with Gasteiger partial charge in [-0.15, -0.1) is 0 Å². The number of nitrogens with zero attached hydrogens (tertiary/aromatic N) is 1. The molecular weight excluding hydrogens is 174 g/mol. The molecule has 1 aromatic heterocycles. The number of hydrogen-bond acceptors (Lipinski definition) is 3. The van der Waals surface area contributed by atoms with E-state index in [0.717, 1.165) is 19.5 Å². The molecule has 14 heavy (non-hydrogen) atoms. The van der Waals surface area contributed by atoms with E-state index in [2.05, 4.69) is 27.8 Å². The lowest BCUT2D eigenvalue weighted by atomic mass is 10.00. The van der Waals surface area contributed by atoms with Gasteiger partial charge in [0.1, 0.15) is 0 Å². The van der Waals surface area contributed by atoms with E-state index in [9.17, 15) is 0 Å². The van der Waals surface area contributed by atoms with E-state index < -0.39 is 0 Å². The average molecular weight is 187 g/mol. The summed E-state index contributed by atoms with van der Waals surface area (Å²) in [7, 11) is 0. The topological polar surface area (TPSA) is 37.0 Å². The lowest BCUT2D eigenvalue weighted by Crippen LogP contribution is -2.52. The standard InChI is InChI=1S/C11H13N3/c1-2-10-11(14-6-5-13-10)9-7-12-4-3-8(1)9/h1,3-4,7,10,13-14H,2,5-6H2. The zero-order valence-electron chi connectivity index (χ0n) is 7.96. The molecule has 2 N–H and O–H groups in total. The summed E-state index contributed by atoms with van der Waals surface area (Å²) < 4.78 is 0. The van der Waals surface area contributed by atoms with Crippen molar-refractivity contribution < 1.29 is 0 Å². The fourth-order valence-electron chi connectivity index (χ4n) is 2.21. The van der Waals surface area contributed by atoms with Gasteiger partial charge in [0.2, 0.25) is 0 Å². The lowest BCUT2D eigenvalue weighted by molar-refractivity contribution is 0.535. The van der Waals surface area contributed by atoms with Crippen LogP contribution in [0, 0.1) is 0 Å². The molecule has 1 atom stereocenters. The monoisotopic (exact) mass is 187 g/mol. The fraction of sp³-hybridized carbons (Fsp3) is 0.364. The summed E-state index contributed by atoms with van der Waals surface area (Å²) >= 11 is 0. The Morgan fingerprint density at radius 1 is 1.36 bits per heavy atom. The first kappa shape index (κ1) is 8.00. The van der Waals surface area contributed by atoms with E-state index in [-0.39, 0.29) is 0 Å². The molecule has 3 nitrogen and oxygen atoms in total. The third kappa shape index (κ3) is 1.13. The number of fused-ring (bicyclic) bond motifs is 2. The molecule has 1 saturated heterocycles. The largest absolute Gasteiger partial charge is 0.385 e. The van der Waals surface area contributed by atoms with Crippen molar-refractivity contribution in [2.75, 3.05) is 13.1 Å². The normalized spacial score (nSPS) is 24.3. The van der Waals surface area contributed by atoms with E-state index in [0.29, 0.717) is 6.04 Å². The SMILES string of the molecule is C1=c2ccncc2=C2NCCNC2C1. The van der Waals surface area contributed by atoms with E-state index in [1.54, 1.807) is 0 Å². The Morgan fingerprint density at radius 3 is 3.36 bits per heavy atom. The molecule has 0 radical (unpaired) electrons. The molecule has 1 aliphatic carbocycles. The van der Waals surface area contributed by atoms with Gasteiger partial charge in [-0.2, -0.15) is 0 Å². The van der Waals surface area contributed by atoms with Crippen LogP contribution >= 0.6 is 0 Å². The van der Waals surface area contributed by atoms with Gasteiger partial charge >= 0.3 is 0 Å². The molecule has 0 aromatic carbocycles. The van der Waals surface area contributed by atoms with Gasteiger partial charge in [0.25, 0.3) is 0 Å². The van der Waals surface area contributed by atoms with Gasteiger partial charge in [-0.25, -0.2) is 0 Å². The highest BCUT2D eigenvalue weighted by molar-refractivity contribution is 5.55. The van der Waals surface area contributed by atoms with Gasteiger partial charge in [-0.1, -0.05) is 6.08 Å². The smallest absolute Gasteiger partial charge is 0.0512 e. The molecule has 1 aliphatic heterocycles. The van der Waals surface area contributed by atoms with Crippen LogP contribution in [0.25, 0.3) is 11.8 Å². The second-order valence-corrected chi connectivity index (χ2v) is 3.75. The highest BCUT2D eigenvalue weighted by atomic mass is 15.1. The summed E-state index contributed by atoms with van der Waals surface area (Å²) in [4.78, 5) is 4.18. The molecule has 0 amide bonds. The van der Waals surface area contributed by atoms with E-state index in [1.807, 2.05) is 12.4 Å². The van der Waals surface area contributed by atoms with E-state index in [4.69, 9.17) is 0 Å². The van der Waals surface area contributed by atoms with Crippen molar-refractivity contribution in [3.63, 3.8) is 0 Å². The summed E-state index contributed by atoms with van der Waals surface area (Å²) in [6, 6.07) is 2.55. The molecule has 3 heteroatoms. The van der Waals surface area contributed by atoms with Crippen LogP contribution < -0.4 is 21.1 Å². The van der Waals surface area contributed by atoms with Crippen molar-refractivity contribution in [3.05, 3.63) is 28.9 Å². The molecule has 1 unspecified atom stereocenters. The van der Waals surface area contributed by atoms with Crippen LogP contribution in [0.4, 0.5) is 0 Å². The summed E-state index contributed by atoms with van der Waals surface area (Å²) in [5, 5.41) is 9.54. The van der Waals surface area contributed by atoms with E-state index in [1.165, 1.54) is 16.1 Å². The first-order chi connectivity index (χ1) is 6.95. The molecule has 0 saturated carbocycles. The van der Waals surface area contributed by atoms with Crippen molar-refractivity contribution in [1.29, 1.82) is 0 Å². The first-order valence-electron chi connectivity index (χ1n) is 5.07. The molecule has 0 spiro atoms. The van der Waals surface area contributed by atoms with Crippen LogP contribution in [0.15, 0.2) is 18.5 Å². The summed E-state index contributed by atoms with van der Waals surface area (Å²) in [5.74, 6) is 0. The zero-order chi connectivity index (χ0) is 9.38. The van der Waals surface area contributed by atoms with Crippen LogP contribution in [0.3, 0.4) is 0 Å². The van der Waals surface area contributed by atoms with Crippen molar-refractivity contribution in [2.45, 2.75) is 12.5 Å². The number of rotatable bonds is 0. The van der Waals surface area contributed by atoms with Crippen LogP contribution in [0.2, 0.25) is 0 Å². The van der Waals surface area contributed by atoms with Crippen molar-refractivity contribution in [3.8, 4) is 0 Å². The summed E-state index contributed by atoms with van der Waals surface area (Å²) in [6.45, 7) is 2.07. The minimum absolute atomic E-state index is 0.473. The highest BCUT2D eigenvalue weighted by Crippen LogP contribution is 2.08. The zero-order valence-corrected chi connectivity index (χ0v) is 7.96. The first-order valence-corrected chi connectivity index (χ1v) is 5.07. The predicted octanol–water partition coefficient (Wildman–Crippen LogP) is -1.06. The summed E-state index contributed by atoms with van der Waals surface area (Å²) in [5.41, 5.74) is 1.32. The Labute approximate surface area is 82.5 Å². The van der Waals surface area contributed by atoms with Crippen LogP contribution in [0.5, 0.6) is 0 Å². The molecule has 0 bridgehead atoms. The van der Waals surface area contributed by atoms with Crippen molar-refractivity contribution in [1.82, 2.24) is 15.6 Å². The number of aromatic nitrogens is 1.